The van der Waals surface area contributed by atoms with E-state index < -0.39 is 19.8 Å². The summed E-state index contributed by atoms with van der Waals surface area (Å²) in [5, 5.41) is 10.9. The molecule has 24 heavy (non-hydrogen) atoms. The number of rotatable bonds is 10. The summed E-state index contributed by atoms with van der Waals surface area (Å²) >= 11 is 0. The topological polar surface area (TPSA) is 38.7 Å². The largest absolute Gasteiger partial charge is 0.365 e. The first-order valence-corrected chi connectivity index (χ1v) is 11.5. The van der Waals surface area contributed by atoms with Crippen molar-refractivity contribution in [2.45, 2.75) is 70.8 Å². The maximum Gasteiger partial charge on any atom is 0.365 e. The van der Waals surface area contributed by atoms with Crippen molar-refractivity contribution in [3.8, 4) is 0 Å². The van der Waals surface area contributed by atoms with Crippen LogP contribution in [0, 0.1) is 0 Å². The van der Waals surface area contributed by atoms with Crippen LogP contribution < -0.4 is 0 Å². The maximum absolute atomic E-state index is 13.4. The molecule has 0 amide bonds. The zero-order valence-corrected chi connectivity index (χ0v) is 16.0. The summed E-state index contributed by atoms with van der Waals surface area (Å²) in [6, 6.07) is 0. The first-order valence-electron chi connectivity index (χ1n) is 8.53. The van der Waals surface area contributed by atoms with E-state index in [1.54, 1.807) is 12.2 Å². The normalized spacial score (nSPS) is 16.3. The van der Waals surface area contributed by atoms with E-state index in [1.165, 1.54) is 13.1 Å². The Kier molecular flexibility index (Phi) is 7.71. The Bertz CT molecular complexity index is 462. The zero-order chi connectivity index (χ0) is 18.4. The molecule has 0 aromatic carbocycles. The standard InChI is InChI=1S/C17H29F3O3Si/c1-5-12-22-16(21,23-13-6-2)11-10-14-8-7-9-15(14)24(3,4)17(18,19)20/h7,9,21H,5-6,8,10-13H2,1-4H3. The lowest BCUT2D eigenvalue weighted by molar-refractivity contribution is -0.362. The lowest BCUT2D eigenvalue weighted by Crippen LogP contribution is -2.46. The maximum atomic E-state index is 13.4. The van der Waals surface area contributed by atoms with E-state index in [1.807, 2.05) is 13.8 Å². The van der Waals surface area contributed by atoms with E-state index in [4.69, 9.17) is 9.47 Å². The predicted molar refractivity (Wildman–Crippen MR) is 91.0 cm³/mol. The molecule has 0 bridgehead atoms. The van der Waals surface area contributed by atoms with Gasteiger partial charge in [0, 0.05) is 6.42 Å². The molecule has 0 spiro atoms. The van der Waals surface area contributed by atoms with Crippen molar-refractivity contribution >= 4 is 8.07 Å². The van der Waals surface area contributed by atoms with E-state index in [0.29, 0.717) is 31.3 Å². The van der Waals surface area contributed by atoms with E-state index >= 15 is 0 Å². The van der Waals surface area contributed by atoms with Gasteiger partial charge in [0.05, 0.1) is 13.2 Å². The average molecular weight is 366 g/mol. The highest BCUT2D eigenvalue weighted by molar-refractivity contribution is 6.86. The van der Waals surface area contributed by atoms with Gasteiger partial charge in [0.2, 0.25) is 8.07 Å². The van der Waals surface area contributed by atoms with Crippen LogP contribution in [-0.4, -0.2) is 38.2 Å². The van der Waals surface area contributed by atoms with E-state index in [-0.39, 0.29) is 6.42 Å². The van der Waals surface area contributed by atoms with Crippen molar-refractivity contribution in [1.29, 1.82) is 0 Å². The molecule has 1 aliphatic carbocycles. The molecule has 7 heteroatoms. The number of ether oxygens (including phenoxy) is 2. The third-order valence-electron chi connectivity index (χ3n) is 4.22. The van der Waals surface area contributed by atoms with Gasteiger partial charge < -0.3 is 14.6 Å². The van der Waals surface area contributed by atoms with Crippen LogP contribution in [0.25, 0.3) is 0 Å². The summed E-state index contributed by atoms with van der Waals surface area (Å²) in [5.41, 5.74) is 0.739. The number of allylic oxidation sites excluding steroid dienone is 4. The molecule has 0 atom stereocenters. The van der Waals surface area contributed by atoms with Crippen LogP contribution in [-0.2, 0) is 9.47 Å². The van der Waals surface area contributed by atoms with Crippen LogP contribution >= 0.6 is 0 Å². The number of alkyl halides is 3. The van der Waals surface area contributed by atoms with Gasteiger partial charge in [0.15, 0.2) is 0 Å². The van der Waals surface area contributed by atoms with E-state index in [2.05, 4.69) is 0 Å². The molecule has 140 valence electrons. The minimum atomic E-state index is -4.18. The SMILES string of the molecule is CCCOC(O)(CCC1=C([Si](C)(C)C(F)(F)F)C=CC1)OCCC. The summed E-state index contributed by atoms with van der Waals surface area (Å²) in [5.74, 6) is -5.91. The van der Waals surface area contributed by atoms with Gasteiger partial charge in [-0.3, -0.25) is 0 Å². The Balaban J connectivity index is 2.87. The molecule has 0 aromatic heterocycles. The van der Waals surface area contributed by atoms with Gasteiger partial charge in [0.25, 0.3) is 5.97 Å². The molecule has 0 aliphatic heterocycles. The van der Waals surface area contributed by atoms with Gasteiger partial charge >= 0.3 is 5.80 Å². The Morgan fingerprint density at radius 1 is 1.12 bits per heavy atom. The third kappa shape index (κ3) is 5.44. The smallest absolute Gasteiger partial charge is 0.343 e. The highest BCUT2D eigenvalue weighted by Gasteiger charge is 2.52. The number of aliphatic hydroxyl groups is 1. The molecule has 1 rings (SSSR count). The Hall–Kier alpha value is -0.633. The molecule has 0 saturated carbocycles. The first-order chi connectivity index (χ1) is 11.1. The highest BCUT2D eigenvalue weighted by atomic mass is 28.3. The van der Waals surface area contributed by atoms with Crippen LogP contribution in [0.2, 0.25) is 13.1 Å². The second-order valence-electron chi connectivity index (χ2n) is 6.66. The molecule has 1 aliphatic rings. The molecule has 3 nitrogen and oxygen atoms in total. The van der Waals surface area contributed by atoms with Crippen molar-refractivity contribution in [3.63, 3.8) is 0 Å². The van der Waals surface area contributed by atoms with E-state index in [9.17, 15) is 18.3 Å². The monoisotopic (exact) mass is 366 g/mol. The lowest BCUT2D eigenvalue weighted by atomic mass is 10.1. The molecule has 0 aromatic rings. The van der Waals surface area contributed by atoms with Crippen LogP contribution in [0.5, 0.6) is 0 Å². The summed E-state index contributed by atoms with van der Waals surface area (Å²) in [7, 11) is -3.55. The van der Waals surface area contributed by atoms with Crippen molar-refractivity contribution in [3.05, 3.63) is 22.9 Å². The molecular weight excluding hydrogens is 337 g/mol. The van der Waals surface area contributed by atoms with Crippen LogP contribution in [0.1, 0.15) is 46.0 Å². The van der Waals surface area contributed by atoms with E-state index in [0.717, 1.165) is 18.4 Å². The molecule has 1 N–H and O–H groups in total. The summed E-state index contributed by atoms with van der Waals surface area (Å²) < 4.78 is 50.9. The summed E-state index contributed by atoms with van der Waals surface area (Å²) in [6.07, 6.45) is 5.79. The van der Waals surface area contributed by atoms with Gasteiger partial charge in [-0.15, -0.1) is 0 Å². The minimum Gasteiger partial charge on any atom is -0.343 e. The van der Waals surface area contributed by atoms with Gasteiger partial charge in [-0.2, -0.15) is 13.2 Å². The number of halogens is 3. The molecule has 0 fully saturated rings. The number of hydrogen-bond donors (Lipinski definition) is 1. The molecule has 0 heterocycles. The number of hydrogen-bond acceptors (Lipinski definition) is 3. The first kappa shape index (κ1) is 21.4. The van der Waals surface area contributed by atoms with Crippen molar-refractivity contribution in [1.82, 2.24) is 0 Å². The van der Waals surface area contributed by atoms with Gasteiger partial charge in [-0.05, 0) is 25.7 Å². The fourth-order valence-corrected chi connectivity index (χ4v) is 4.56. The molecule has 0 radical (unpaired) electrons. The van der Waals surface area contributed by atoms with Gasteiger partial charge in [-0.1, -0.05) is 49.9 Å². The molecular formula is C17H29F3O3Si. The Morgan fingerprint density at radius 2 is 1.67 bits per heavy atom. The highest BCUT2D eigenvalue weighted by Crippen LogP contribution is 2.40. The van der Waals surface area contributed by atoms with Crippen molar-refractivity contribution in [2.24, 2.45) is 0 Å². The van der Waals surface area contributed by atoms with Crippen LogP contribution in [0.15, 0.2) is 22.9 Å². The average Bonchev–Trinajstić information content (AvgIpc) is 2.97. The minimum absolute atomic E-state index is 0.135. The summed E-state index contributed by atoms with van der Waals surface area (Å²) in [6.45, 7) is 7.16. The van der Waals surface area contributed by atoms with Gasteiger partial charge in [0.1, 0.15) is 0 Å². The summed E-state index contributed by atoms with van der Waals surface area (Å²) in [4.78, 5) is 0. The van der Waals surface area contributed by atoms with Crippen LogP contribution in [0.4, 0.5) is 13.2 Å². The zero-order valence-electron chi connectivity index (χ0n) is 15.0. The van der Waals surface area contributed by atoms with Crippen molar-refractivity contribution < 1.29 is 27.8 Å². The molecule has 0 unspecified atom stereocenters. The van der Waals surface area contributed by atoms with Crippen molar-refractivity contribution in [2.75, 3.05) is 13.2 Å². The molecule has 0 saturated heterocycles. The fourth-order valence-electron chi connectivity index (χ4n) is 2.60. The lowest BCUT2D eigenvalue weighted by Gasteiger charge is -2.30. The Morgan fingerprint density at radius 3 is 2.12 bits per heavy atom. The second kappa shape index (κ2) is 8.65. The predicted octanol–water partition coefficient (Wildman–Crippen LogP) is 4.87. The van der Waals surface area contributed by atoms with Gasteiger partial charge in [-0.25, -0.2) is 0 Å². The Labute approximate surface area is 143 Å². The second-order valence-corrected chi connectivity index (χ2v) is 11.0. The van der Waals surface area contributed by atoms with Crippen LogP contribution in [0.3, 0.4) is 0 Å². The quantitative estimate of drug-likeness (QED) is 0.443. The fraction of sp³-hybridized carbons (Fsp3) is 0.765. The third-order valence-corrected chi connectivity index (χ3v) is 7.50.